The molecule has 12 nitrogen and oxygen atoms in total. The predicted molar refractivity (Wildman–Crippen MR) is 110 cm³/mol. The minimum Gasteiger partial charge on any atom is -0.481 e. The normalized spacial score (nSPS) is 10.2. The number of carboxylic acids is 1. The second-order valence-corrected chi connectivity index (χ2v) is 5.84. The van der Waals surface area contributed by atoms with Crippen LogP contribution in [-0.4, -0.2) is 59.5 Å². The summed E-state index contributed by atoms with van der Waals surface area (Å²) in [5.41, 5.74) is 0.364. The van der Waals surface area contributed by atoms with Gasteiger partial charge in [-0.05, 0) is 12.1 Å². The number of hydrogen-bond donors (Lipinski definition) is 3. The molecule has 3 rings (SSSR count). The van der Waals surface area contributed by atoms with Crippen LogP contribution in [0.15, 0.2) is 30.3 Å². The summed E-state index contributed by atoms with van der Waals surface area (Å²) < 4.78 is 20.5. The van der Waals surface area contributed by atoms with Gasteiger partial charge in [0.25, 0.3) is 0 Å². The zero-order valence-corrected chi connectivity index (χ0v) is 17.2. The van der Waals surface area contributed by atoms with Crippen LogP contribution < -0.4 is 29.6 Å². The first kappa shape index (κ1) is 21.4. The van der Waals surface area contributed by atoms with Crippen LogP contribution in [0.2, 0.25) is 0 Å². The van der Waals surface area contributed by atoms with Crippen LogP contribution >= 0.6 is 0 Å². The van der Waals surface area contributed by atoms with Crippen LogP contribution in [0.4, 0.5) is 23.3 Å². The van der Waals surface area contributed by atoms with Crippen molar-refractivity contribution in [2.45, 2.75) is 0 Å². The molecule has 2 heterocycles. The summed E-state index contributed by atoms with van der Waals surface area (Å²) in [6.07, 6.45) is 0. The Morgan fingerprint density at radius 3 is 1.39 bits per heavy atom. The standard InChI is InChI=1S/C19H20N6O6/c1-28-12-8-13(29-2)23-18(22-12)20-10-6-5-7-11(16(10)17(26)27)21-19-24-14(30-3)9-15(25-19)31-4/h5-9H,1-4H3,(H,26,27)(H,20,22,23)(H,21,24,25). The Morgan fingerprint density at radius 1 is 0.742 bits per heavy atom. The van der Waals surface area contributed by atoms with E-state index in [1.807, 2.05) is 0 Å². The summed E-state index contributed by atoms with van der Waals surface area (Å²) in [7, 11) is 5.78. The lowest BCUT2D eigenvalue weighted by Crippen LogP contribution is -2.10. The molecule has 0 unspecified atom stereocenters. The van der Waals surface area contributed by atoms with E-state index < -0.39 is 5.97 Å². The van der Waals surface area contributed by atoms with Crippen molar-refractivity contribution < 1.29 is 28.8 Å². The van der Waals surface area contributed by atoms with E-state index in [4.69, 9.17) is 18.9 Å². The van der Waals surface area contributed by atoms with E-state index in [1.165, 1.54) is 40.6 Å². The Morgan fingerprint density at radius 2 is 1.10 bits per heavy atom. The van der Waals surface area contributed by atoms with E-state index in [1.54, 1.807) is 18.2 Å². The van der Waals surface area contributed by atoms with Gasteiger partial charge in [-0.15, -0.1) is 0 Å². The van der Waals surface area contributed by atoms with E-state index in [9.17, 15) is 9.90 Å². The zero-order chi connectivity index (χ0) is 22.4. The van der Waals surface area contributed by atoms with Crippen LogP contribution in [0.25, 0.3) is 0 Å². The van der Waals surface area contributed by atoms with E-state index in [0.29, 0.717) is 0 Å². The number of aromatic carboxylic acids is 1. The van der Waals surface area contributed by atoms with Gasteiger partial charge in [-0.25, -0.2) is 4.79 Å². The van der Waals surface area contributed by atoms with Gasteiger partial charge in [0, 0.05) is 0 Å². The van der Waals surface area contributed by atoms with Crippen LogP contribution in [0.1, 0.15) is 10.4 Å². The fourth-order valence-corrected chi connectivity index (χ4v) is 2.57. The van der Waals surface area contributed by atoms with Crippen molar-refractivity contribution in [1.29, 1.82) is 0 Å². The van der Waals surface area contributed by atoms with Crippen LogP contribution in [0.5, 0.6) is 23.5 Å². The van der Waals surface area contributed by atoms with Gasteiger partial charge in [0.15, 0.2) is 0 Å². The number of hydrogen-bond acceptors (Lipinski definition) is 11. The van der Waals surface area contributed by atoms with Gasteiger partial charge in [0.1, 0.15) is 5.56 Å². The van der Waals surface area contributed by atoms with Crippen LogP contribution in [0, 0.1) is 0 Å². The molecule has 0 atom stereocenters. The molecule has 0 saturated carbocycles. The molecular weight excluding hydrogens is 408 g/mol. The number of carbonyl (C=O) groups is 1. The number of aromatic nitrogens is 4. The smallest absolute Gasteiger partial charge is 0.339 e. The van der Waals surface area contributed by atoms with Crippen molar-refractivity contribution in [3.05, 3.63) is 35.9 Å². The van der Waals surface area contributed by atoms with Crippen molar-refractivity contribution in [2.75, 3.05) is 39.1 Å². The number of benzene rings is 1. The highest BCUT2D eigenvalue weighted by molar-refractivity contribution is 6.01. The average molecular weight is 428 g/mol. The number of ether oxygens (including phenoxy) is 4. The third kappa shape index (κ3) is 4.98. The minimum absolute atomic E-state index is 0.0849. The van der Waals surface area contributed by atoms with E-state index in [0.717, 1.165) is 0 Å². The molecule has 0 bridgehead atoms. The highest BCUT2D eigenvalue weighted by atomic mass is 16.5. The molecule has 0 spiro atoms. The molecule has 31 heavy (non-hydrogen) atoms. The molecule has 0 aliphatic rings. The van der Waals surface area contributed by atoms with E-state index in [2.05, 4.69) is 30.6 Å². The maximum atomic E-state index is 12.1. The molecule has 3 aromatic rings. The molecular formula is C19H20N6O6. The SMILES string of the molecule is COc1cc(OC)nc(Nc2cccc(Nc3nc(OC)cc(OC)n3)c2C(=O)O)n1. The highest BCUT2D eigenvalue weighted by Crippen LogP contribution is 2.30. The number of nitrogens with one attached hydrogen (secondary N) is 2. The number of nitrogens with zero attached hydrogens (tertiary/aromatic N) is 4. The first-order valence-electron chi connectivity index (χ1n) is 8.81. The largest absolute Gasteiger partial charge is 0.481 e. The monoisotopic (exact) mass is 428 g/mol. The summed E-state index contributed by atoms with van der Waals surface area (Å²) in [6, 6.07) is 7.77. The van der Waals surface area contributed by atoms with Gasteiger partial charge < -0.3 is 34.7 Å². The molecule has 0 aliphatic heterocycles. The number of carboxylic acid groups (broad SMARTS) is 1. The van der Waals surface area contributed by atoms with Crippen molar-refractivity contribution in [2.24, 2.45) is 0 Å². The van der Waals surface area contributed by atoms with Gasteiger partial charge in [0.2, 0.25) is 35.4 Å². The maximum Gasteiger partial charge on any atom is 0.339 e. The molecule has 162 valence electrons. The number of methoxy groups -OCH3 is 4. The summed E-state index contributed by atoms with van der Waals surface area (Å²) in [4.78, 5) is 28.7. The lowest BCUT2D eigenvalue weighted by molar-refractivity contribution is 0.0699. The fraction of sp³-hybridized carbons (Fsp3) is 0.211. The van der Waals surface area contributed by atoms with Gasteiger partial charge >= 0.3 is 5.97 Å². The molecule has 0 saturated heterocycles. The van der Waals surface area contributed by atoms with Gasteiger partial charge in [-0.3, -0.25) is 0 Å². The molecule has 0 amide bonds. The topological polar surface area (TPSA) is 150 Å². The Bertz CT molecular complexity index is 973. The van der Waals surface area contributed by atoms with Gasteiger partial charge in [0.05, 0.1) is 51.9 Å². The third-order valence-corrected chi connectivity index (χ3v) is 3.97. The second kappa shape index (κ2) is 9.43. The number of anilines is 4. The average Bonchev–Trinajstić information content (AvgIpc) is 2.78. The van der Waals surface area contributed by atoms with E-state index >= 15 is 0 Å². The molecule has 0 fully saturated rings. The van der Waals surface area contributed by atoms with Gasteiger partial charge in [-0.2, -0.15) is 19.9 Å². The summed E-state index contributed by atoms with van der Waals surface area (Å²) in [5.74, 6) is -0.0230. The highest BCUT2D eigenvalue weighted by Gasteiger charge is 2.19. The van der Waals surface area contributed by atoms with Gasteiger partial charge in [-0.1, -0.05) is 6.07 Å². The zero-order valence-electron chi connectivity index (χ0n) is 17.2. The Kier molecular flexibility index (Phi) is 6.50. The second-order valence-electron chi connectivity index (χ2n) is 5.84. The van der Waals surface area contributed by atoms with Crippen molar-refractivity contribution in [3.63, 3.8) is 0 Å². The lowest BCUT2D eigenvalue weighted by Gasteiger charge is -2.14. The molecule has 12 heteroatoms. The quantitative estimate of drug-likeness (QED) is 0.459. The molecule has 0 radical (unpaired) electrons. The third-order valence-electron chi connectivity index (χ3n) is 3.97. The Balaban J connectivity index is 2.00. The van der Waals surface area contributed by atoms with Crippen LogP contribution in [-0.2, 0) is 0 Å². The fourth-order valence-electron chi connectivity index (χ4n) is 2.57. The molecule has 0 aliphatic carbocycles. The van der Waals surface area contributed by atoms with Crippen molar-refractivity contribution in [3.8, 4) is 23.5 Å². The first-order valence-corrected chi connectivity index (χ1v) is 8.81. The molecule has 2 aromatic heterocycles. The Hall–Kier alpha value is -4.35. The minimum atomic E-state index is -1.20. The predicted octanol–water partition coefficient (Wildman–Crippen LogP) is 2.49. The van der Waals surface area contributed by atoms with Crippen molar-refractivity contribution >= 4 is 29.2 Å². The Labute approximate surface area is 177 Å². The summed E-state index contributed by atoms with van der Waals surface area (Å²) in [6.45, 7) is 0. The maximum absolute atomic E-state index is 12.1. The van der Waals surface area contributed by atoms with Crippen molar-refractivity contribution in [1.82, 2.24) is 19.9 Å². The summed E-state index contributed by atoms with van der Waals surface area (Å²) >= 11 is 0. The molecule has 3 N–H and O–H groups in total. The summed E-state index contributed by atoms with van der Waals surface area (Å²) in [5, 5.41) is 15.6. The van der Waals surface area contributed by atoms with Crippen LogP contribution in [0.3, 0.4) is 0 Å². The lowest BCUT2D eigenvalue weighted by atomic mass is 10.1. The number of rotatable bonds is 9. The van der Waals surface area contributed by atoms with E-state index in [-0.39, 0.29) is 52.4 Å². The molecule has 1 aromatic carbocycles. The first-order chi connectivity index (χ1) is 15.0.